The Morgan fingerprint density at radius 1 is 1.28 bits per heavy atom. The van der Waals surface area contributed by atoms with Crippen LogP contribution in [-0.2, 0) is 4.79 Å². The van der Waals surface area contributed by atoms with Crippen LogP contribution in [0, 0.1) is 11.5 Å². The molecule has 0 bridgehead atoms. The fourth-order valence-corrected chi connectivity index (χ4v) is 2.91. The van der Waals surface area contributed by atoms with Gasteiger partial charge in [-0.05, 0) is 37.1 Å². The van der Waals surface area contributed by atoms with Gasteiger partial charge in [0.15, 0.2) is 6.19 Å². The van der Waals surface area contributed by atoms with Crippen molar-refractivity contribution in [2.24, 2.45) is 0 Å². The molecular weight excluding hydrogens is 312 g/mol. The lowest BCUT2D eigenvalue weighted by Crippen LogP contribution is -2.37. The number of carbonyl (C=O) groups is 1. The fourth-order valence-electron chi connectivity index (χ4n) is 2.91. The van der Waals surface area contributed by atoms with Crippen molar-refractivity contribution < 1.29 is 4.79 Å². The molecule has 0 radical (unpaired) electrons. The van der Waals surface area contributed by atoms with Gasteiger partial charge in [0, 0.05) is 36.9 Å². The topological polar surface area (TPSA) is 68.2 Å². The first-order valence-electron chi connectivity index (χ1n) is 9.19. The van der Waals surface area contributed by atoms with Crippen LogP contribution in [0.1, 0.15) is 39.0 Å². The molecule has 0 aromatic carbocycles. The molecule has 0 aromatic heterocycles. The zero-order valence-electron chi connectivity index (χ0n) is 15.0. The average molecular weight is 340 g/mol. The van der Waals surface area contributed by atoms with E-state index in [-0.39, 0.29) is 11.9 Å². The molecule has 5 heteroatoms. The van der Waals surface area contributed by atoms with Crippen LogP contribution in [0.15, 0.2) is 47.7 Å². The van der Waals surface area contributed by atoms with Gasteiger partial charge in [-0.1, -0.05) is 38.3 Å². The summed E-state index contributed by atoms with van der Waals surface area (Å²) < 4.78 is 0. The van der Waals surface area contributed by atoms with Crippen LogP contribution in [0.2, 0.25) is 0 Å². The predicted molar refractivity (Wildman–Crippen MR) is 100 cm³/mol. The maximum Gasteiger partial charge on any atom is 0.251 e. The van der Waals surface area contributed by atoms with E-state index in [1.54, 1.807) is 4.90 Å². The average Bonchev–Trinajstić information content (AvgIpc) is 3.03. The highest BCUT2D eigenvalue weighted by molar-refractivity contribution is 5.96. The molecule has 134 valence electrons. The molecule has 0 spiro atoms. The first kappa shape index (κ1) is 18.9. The van der Waals surface area contributed by atoms with E-state index in [9.17, 15) is 4.79 Å². The Hall–Kier alpha value is -2.48. The van der Waals surface area contributed by atoms with E-state index in [0.717, 1.165) is 18.7 Å². The SMILES string of the molecule is CCCCCCNC1=C/C=C\C(C(=O)N[C@@H]2CCN(C#N)C2)=C/C=C\1. The van der Waals surface area contributed by atoms with Gasteiger partial charge in [0.25, 0.3) is 5.91 Å². The summed E-state index contributed by atoms with van der Waals surface area (Å²) in [5.74, 6) is -0.0879. The number of nitriles is 1. The molecule has 1 saturated heterocycles. The molecule has 0 unspecified atom stereocenters. The number of nitrogens with one attached hydrogen (secondary N) is 2. The summed E-state index contributed by atoms with van der Waals surface area (Å²) in [6, 6.07) is 0.0479. The van der Waals surface area contributed by atoms with Crippen LogP contribution in [0.3, 0.4) is 0 Å². The Bertz CT molecular complexity index is 610. The van der Waals surface area contributed by atoms with Crippen molar-refractivity contribution in [1.82, 2.24) is 15.5 Å². The number of carbonyl (C=O) groups excluding carboxylic acids is 1. The third kappa shape index (κ3) is 6.50. The maximum absolute atomic E-state index is 12.4. The molecule has 2 aliphatic rings. The summed E-state index contributed by atoms with van der Waals surface area (Å²) >= 11 is 0. The second-order valence-electron chi connectivity index (χ2n) is 6.45. The smallest absolute Gasteiger partial charge is 0.251 e. The summed E-state index contributed by atoms with van der Waals surface area (Å²) in [5, 5.41) is 15.3. The molecule has 1 atom stereocenters. The van der Waals surface area contributed by atoms with Gasteiger partial charge in [0.2, 0.25) is 0 Å². The van der Waals surface area contributed by atoms with Crippen LogP contribution in [0.4, 0.5) is 0 Å². The minimum Gasteiger partial charge on any atom is -0.385 e. The minimum atomic E-state index is -0.0879. The van der Waals surface area contributed by atoms with Crippen molar-refractivity contribution in [3.8, 4) is 6.19 Å². The summed E-state index contributed by atoms with van der Waals surface area (Å²) in [6.45, 7) is 4.50. The summed E-state index contributed by atoms with van der Waals surface area (Å²) in [5.41, 5.74) is 1.69. The van der Waals surface area contributed by atoms with Gasteiger partial charge < -0.3 is 15.5 Å². The minimum absolute atomic E-state index is 0.0479. The van der Waals surface area contributed by atoms with Gasteiger partial charge >= 0.3 is 0 Å². The van der Waals surface area contributed by atoms with E-state index in [0.29, 0.717) is 18.7 Å². The zero-order chi connectivity index (χ0) is 17.9. The second kappa shape index (κ2) is 10.4. The molecule has 25 heavy (non-hydrogen) atoms. The first-order chi connectivity index (χ1) is 12.2. The standard InChI is InChI=1S/C20H28N4O/c1-2-3-4-5-13-22-18-10-6-8-17(9-7-11-18)20(25)23-19-12-14-24(15-19)16-21/h6-11,19,22H,2-5,12-15H2,1H3,(H,23,25)/b8-6-,9-7?,10-6?,11-7-,17-8?,17-9+,18-10+,18-11?/t19-/m1/s1. The van der Waals surface area contributed by atoms with Crippen LogP contribution >= 0.6 is 0 Å². The summed E-state index contributed by atoms with van der Waals surface area (Å²) in [7, 11) is 0. The molecule has 1 heterocycles. The molecule has 1 aliphatic heterocycles. The van der Waals surface area contributed by atoms with Crippen LogP contribution < -0.4 is 10.6 Å². The lowest BCUT2D eigenvalue weighted by atomic mass is 10.1. The molecule has 0 saturated carbocycles. The maximum atomic E-state index is 12.4. The highest BCUT2D eigenvalue weighted by Crippen LogP contribution is 2.10. The normalized spacial score (nSPS) is 26.2. The highest BCUT2D eigenvalue weighted by atomic mass is 16.1. The Morgan fingerprint density at radius 3 is 2.88 bits per heavy atom. The quantitative estimate of drug-likeness (QED) is 0.527. The Balaban J connectivity index is 1.79. The molecule has 0 aromatic rings. The number of rotatable bonds is 8. The van der Waals surface area contributed by atoms with Crippen molar-refractivity contribution in [3.63, 3.8) is 0 Å². The van der Waals surface area contributed by atoms with Crippen molar-refractivity contribution in [2.45, 2.75) is 45.1 Å². The van der Waals surface area contributed by atoms with E-state index in [4.69, 9.17) is 5.26 Å². The molecular formula is C20H28N4O. The van der Waals surface area contributed by atoms with E-state index in [2.05, 4.69) is 23.8 Å². The molecule has 5 nitrogen and oxygen atoms in total. The number of likely N-dealkylation sites (tertiary alicyclic amines) is 1. The van der Waals surface area contributed by atoms with Gasteiger partial charge in [0.1, 0.15) is 0 Å². The largest absolute Gasteiger partial charge is 0.385 e. The predicted octanol–water partition coefficient (Wildman–Crippen LogP) is 2.76. The van der Waals surface area contributed by atoms with E-state index in [1.165, 1.54) is 25.7 Å². The van der Waals surface area contributed by atoms with Crippen molar-refractivity contribution in [1.29, 1.82) is 5.26 Å². The van der Waals surface area contributed by atoms with Crippen molar-refractivity contribution >= 4 is 5.91 Å². The lowest BCUT2D eigenvalue weighted by molar-refractivity contribution is -0.117. The van der Waals surface area contributed by atoms with Crippen molar-refractivity contribution in [3.05, 3.63) is 47.7 Å². The first-order valence-corrected chi connectivity index (χ1v) is 9.19. The zero-order valence-corrected chi connectivity index (χ0v) is 15.0. The van der Waals surface area contributed by atoms with Crippen LogP contribution in [0.25, 0.3) is 0 Å². The summed E-state index contributed by atoms with van der Waals surface area (Å²) in [6.07, 6.45) is 19.3. The fraction of sp³-hybridized carbons (Fsp3) is 0.500. The van der Waals surface area contributed by atoms with E-state index < -0.39 is 0 Å². The van der Waals surface area contributed by atoms with Crippen LogP contribution in [0.5, 0.6) is 0 Å². The number of hydrogen-bond donors (Lipinski definition) is 2. The van der Waals surface area contributed by atoms with Crippen molar-refractivity contribution in [2.75, 3.05) is 19.6 Å². The lowest BCUT2D eigenvalue weighted by Gasteiger charge is -2.13. The number of nitrogens with zero attached hydrogens (tertiary/aromatic N) is 2. The van der Waals surface area contributed by atoms with Crippen LogP contribution in [-0.4, -0.2) is 36.5 Å². The Morgan fingerprint density at radius 2 is 2.12 bits per heavy atom. The molecule has 2 N–H and O–H groups in total. The molecule has 1 fully saturated rings. The molecule has 1 aliphatic carbocycles. The van der Waals surface area contributed by atoms with Gasteiger partial charge in [0.05, 0.1) is 0 Å². The molecule has 1 amide bonds. The number of unbranched alkanes of at least 4 members (excludes halogenated alkanes) is 3. The highest BCUT2D eigenvalue weighted by Gasteiger charge is 2.23. The molecule has 2 rings (SSSR count). The van der Waals surface area contributed by atoms with E-state index >= 15 is 0 Å². The third-order valence-electron chi connectivity index (χ3n) is 4.39. The second-order valence-corrected chi connectivity index (χ2v) is 6.45. The monoisotopic (exact) mass is 340 g/mol. The van der Waals surface area contributed by atoms with Gasteiger partial charge in [-0.2, -0.15) is 5.26 Å². The Labute approximate surface area is 150 Å². The van der Waals surface area contributed by atoms with Gasteiger partial charge in [-0.25, -0.2) is 0 Å². The van der Waals surface area contributed by atoms with Gasteiger partial charge in [-0.3, -0.25) is 4.79 Å². The van der Waals surface area contributed by atoms with Gasteiger partial charge in [-0.15, -0.1) is 0 Å². The third-order valence-corrected chi connectivity index (χ3v) is 4.39. The summed E-state index contributed by atoms with van der Waals surface area (Å²) in [4.78, 5) is 14.0. The van der Waals surface area contributed by atoms with E-state index in [1.807, 2.05) is 36.5 Å². The number of allylic oxidation sites excluding steroid dienone is 5. The Kier molecular flexibility index (Phi) is 7.84. The number of amides is 1. The number of hydrogen-bond acceptors (Lipinski definition) is 4.